The number of fused-ring (bicyclic) bond motifs is 1. The lowest BCUT2D eigenvalue weighted by Crippen LogP contribution is -2.48. The van der Waals surface area contributed by atoms with E-state index < -0.39 is 0 Å². The molecular weight excluding hydrogens is 346 g/mol. The first-order chi connectivity index (χ1) is 12.9. The summed E-state index contributed by atoms with van der Waals surface area (Å²) in [5, 5.41) is 3.00. The highest BCUT2D eigenvalue weighted by molar-refractivity contribution is 6.21. The molecule has 1 aromatic rings. The highest BCUT2D eigenvalue weighted by Crippen LogP contribution is 2.22. The number of carbonyl (C=O) groups is 4. The van der Waals surface area contributed by atoms with E-state index in [0.717, 1.165) is 17.7 Å². The van der Waals surface area contributed by atoms with Gasteiger partial charge in [0, 0.05) is 38.0 Å². The maximum absolute atomic E-state index is 12.5. The molecule has 1 fully saturated rings. The molecule has 144 valence electrons. The summed E-state index contributed by atoms with van der Waals surface area (Å²) in [7, 11) is 0. The number of nitrogens with one attached hydrogen (secondary N) is 1. The van der Waals surface area contributed by atoms with E-state index in [-0.39, 0.29) is 48.6 Å². The Morgan fingerprint density at radius 2 is 1.63 bits per heavy atom. The van der Waals surface area contributed by atoms with Crippen LogP contribution in [0.25, 0.3) is 0 Å². The molecule has 1 saturated heterocycles. The molecule has 0 spiro atoms. The van der Waals surface area contributed by atoms with Crippen molar-refractivity contribution in [2.75, 3.05) is 19.6 Å². The highest BCUT2D eigenvalue weighted by atomic mass is 16.2. The second-order valence-electron chi connectivity index (χ2n) is 7.38. The van der Waals surface area contributed by atoms with Gasteiger partial charge in [-0.25, -0.2) is 0 Å². The molecule has 7 nitrogen and oxygen atoms in total. The van der Waals surface area contributed by atoms with E-state index in [1.165, 1.54) is 0 Å². The molecule has 0 unspecified atom stereocenters. The fourth-order valence-corrected chi connectivity index (χ4v) is 3.45. The smallest absolute Gasteiger partial charge is 0.261 e. The van der Waals surface area contributed by atoms with Crippen LogP contribution in [0.5, 0.6) is 0 Å². The Bertz CT molecular complexity index is 731. The maximum atomic E-state index is 12.5. The summed E-state index contributed by atoms with van der Waals surface area (Å²) >= 11 is 0. The van der Waals surface area contributed by atoms with Gasteiger partial charge in [0.1, 0.15) is 0 Å². The summed E-state index contributed by atoms with van der Waals surface area (Å²) in [5.41, 5.74) is 0.799. The van der Waals surface area contributed by atoms with Gasteiger partial charge in [-0.05, 0) is 25.0 Å². The summed E-state index contributed by atoms with van der Waals surface area (Å²) in [4.78, 5) is 51.8. The number of rotatable bonds is 5. The van der Waals surface area contributed by atoms with Gasteiger partial charge >= 0.3 is 0 Å². The molecule has 3 rings (SSSR count). The van der Waals surface area contributed by atoms with E-state index in [2.05, 4.69) is 5.32 Å². The van der Waals surface area contributed by atoms with Crippen LogP contribution in [-0.2, 0) is 9.59 Å². The lowest BCUT2D eigenvalue weighted by atomic mass is 10.0. The predicted octanol–water partition coefficient (Wildman–Crippen LogP) is 1.44. The van der Waals surface area contributed by atoms with Crippen molar-refractivity contribution in [2.45, 2.75) is 39.2 Å². The van der Waals surface area contributed by atoms with Gasteiger partial charge in [-0.15, -0.1) is 0 Å². The van der Waals surface area contributed by atoms with Crippen LogP contribution in [0.1, 0.15) is 53.8 Å². The van der Waals surface area contributed by atoms with Gasteiger partial charge in [-0.2, -0.15) is 0 Å². The number of amides is 4. The number of benzene rings is 1. The average Bonchev–Trinajstić information content (AvgIpc) is 2.91. The molecule has 0 saturated carbocycles. The minimum Gasteiger partial charge on any atom is -0.353 e. The van der Waals surface area contributed by atoms with Crippen LogP contribution in [0.4, 0.5) is 0 Å². The molecule has 0 aromatic heterocycles. The molecule has 1 aromatic carbocycles. The fourth-order valence-electron chi connectivity index (χ4n) is 3.45. The third-order valence-electron chi connectivity index (χ3n) is 5.15. The van der Waals surface area contributed by atoms with Gasteiger partial charge in [0.15, 0.2) is 0 Å². The van der Waals surface area contributed by atoms with E-state index in [4.69, 9.17) is 0 Å². The highest BCUT2D eigenvalue weighted by Gasteiger charge is 2.35. The van der Waals surface area contributed by atoms with E-state index in [0.29, 0.717) is 24.2 Å². The van der Waals surface area contributed by atoms with E-state index in [1.807, 2.05) is 13.8 Å². The third-order valence-corrected chi connectivity index (χ3v) is 5.15. The molecular formula is C20H25N3O4. The minimum atomic E-state index is -0.335. The normalized spacial score (nSPS) is 17.4. The van der Waals surface area contributed by atoms with Crippen LogP contribution in [0.2, 0.25) is 0 Å². The molecule has 0 aliphatic carbocycles. The van der Waals surface area contributed by atoms with Gasteiger partial charge in [-0.1, -0.05) is 26.0 Å². The molecule has 1 N–H and O–H groups in total. The zero-order valence-electron chi connectivity index (χ0n) is 15.7. The molecule has 0 bridgehead atoms. The predicted molar refractivity (Wildman–Crippen MR) is 99.0 cm³/mol. The summed E-state index contributed by atoms with van der Waals surface area (Å²) in [6.07, 6.45) is 1.56. The van der Waals surface area contributed by atoms with Crippen molar-refractivity contribution < 1.29 is 19.2 Å². The second kappa shape index (κ2) is 7.90. The second-order valence-corrected chi connectivity index (χ2v) is 7.38. The van der Waals surface area contributed by atoms with Crippen molar-refractivity contribution in [3.05, 3.63) is 35.4 Å². The SMILES string of the molecule is CC(C)C(=O)NC1CCN(C(=O)CCN2C(=O)c3ccccc3C2=O)CC1. The molecule has 4 amide bonds. The maximum Gasteiger partial charge on any atom is 0.261 e. The summed E-state index contributed by atoms with van der Waals surface area (Å²) in [5.74, 6) is -0.757. The van der Waals surface area contributed by atoms with Crippen LogP contribution in [-0.4, -0.2) is 59.1 Å². The monoisotopic (exact) mass is 371 g/mol. The average molecular weight is 371 g/mol. The molecule has 0 atom stereocenters. The van der Waals surface area contributed by atoms with Crippen molar-refractivity contribution in [3.63, 3.8) is 0 Å². The minimum absolute atomic E-state index is 0.0328. The van der Waals surface area contributed by atoms with Crippen LogP contribution in [0.3, 0.4) is 0 Å². The zero-order valence-corrected chi connectivity index (χ0v) is 15.7. The van der Waals surface area contributed by atoms with Crippen LogP contribution in [0, 0.1) is 5.92 Å². The first kappa shape index (κ1) is 19.1. The summed E-state index contributed by atoms with van der Waals surface area (Å²) < 4.78 is 0. The quantitative estimate of drug-likeness (QED) is 0.794. The first-order valence-electron chi connectivity index (χ1n) is 9.42. The number of likely N-dealkylation sites (tertiary alicyclic amines) is 1. The van der Waals surface area contributed by atoms with Gasteiger partial charge in [0.25, 0.3) is 11.8 Å². The Kier molecular flexibility index (Phi) is 5.58. The molecule has 27 heavy (non-hydrogen) atoms. The van der Waals surface area contributed by atoms with Gasteiger partial charge in [0.05, 0.1) is 11.1 Å². The number of hydrogen-bond acceptors (Lipinski definition) is 4. The lowest BCUT2D eigenvalue weighted by Gasteiger charge is -2.33. The Balaban J connectivity index is 1.48. The van der Waals surface area contributed by atoms with Crippen LogP contribution < -0.4 is 5.32 Å². The number of nitrogens with zero attached hydrogens (tertiary/aromatic N) is 2. The fraction of sp³-hybridized carbons (Fsp3) is 0.500. The van der Waals surface area contributed by atoms with Crippen LogP contribution >= 0.6 is 0 Å². The van der Waals surface area contributed by atoms with Crippen molar-refractivity contribution in [2.24, 2.45) is 5.92 Å². The van der Waals surface area contributed by atoms with Gasteiger partial charge in [0.2, 0.25) is 11.8 Å². The molecule has 0 radical (unpaired) electrons. The number of piperidine rings is 1. The Morgan fingerprint density at radius 1 is 1.07 bits per heavy atom. The first-order valence-corrected chi connectivity index (χ1v) is 9.42. The zero-order chi connectivity index (χ0) is 19.6. The summed E-state index contributed by atoms with van der Waals surface area (Å²) in [6.45, 7) is 4.95. The van der Waals surface area contributed by atoms with Crippen molar-refractivity contribution in [1.29, 1.82) is 0 Å². The number of hydrogen-bond donors (Lipinski definition) is 1. The number of carbonyl (C=O) groups excluding carboxylic acids is 4. The molecule has 2 aliphatic rings. The van der Waals surface area contributed by atoms with E-state index in [9.17, 15) is 19.2 Å². The van der Waals surface area contributed by atoms with Crippen molar-refractivity contribution in [3.8, 4) is 0 Å². The standard InChI is InChI=1S/C20H25N3O4/c1-13(2)18(25)21-14-7-10-22(11-8-14)17(24)9-12-23-19(26)15-5-3-4-6-16(15)20(23)27/h3-6,13-14H,7-12H2,1-2H3,(H,21,25). The van der Waals surface area contributed by atoms with Crippen molar-refractivity contribution in [1.82, 2.24) is 15.1 Å². The Morgan fingerprint density at radius 3 is 2.15 bits per heavy atom. The van der Waals surface area contributed by atoms with E-state index in [1.54, 1.807) is 29.2 Å². The summed E-state index contributed by atoms with van der Waals surface area (Å²) in [6, 6.07) is 6.81. The molecule has 7 heteroatoms. The Hall–Kier alpha value is -2.70. The molecule has 2 aliphatic heterocycles. The van der Waals surface area contributed by atoms with Crippen LogP contribution in [0.15, 0.2) is 24.3 Å². The van der Waals surface area contributed by atoms with E-state index >= 15 is 0 Å². The van der Waals surface area contributed by atoms with Gasteiger partial charge in [-0.3, -0.25) is 24.1 Å². The third kappa shape index (κ3) is 4.02. The number of imide groups is 1. The Labute approximate surface area is 158 Å². The topological polar surface area (TPSA) is 86.8 Å². The van der Waals surface area contributed by atoms with Gasteiger partial charge < -0.3 is 10.2 Å². The molecule has 2 heterocycles. The lowest BCUT2D eigenvalue weighted by molar-refractivity contribution is -0.132. The largest absolute Gasteiger partial charge is 0.353 e. The van der Waals surface area contributed by atoms with Crippen molar-refractivity contribution >= 4 is 23.6 Å².